The molecule has 154 valence electrons. The SMILES string of the molecule is CC(c1ccc(C(F)(F)F)cc1)n1nc(C(F)F)c2c(=O)[nH]c(N3CCC3)nc21. The lowest BCUT2D eigenvalue weighted by Gasteiger charge is -2.31. The van der Waals surface area contributed by atoms with E-state index in [0.29, 0.717) is 18.7 Å². The summed E-state index contributed by atoms with van der Waals surface area (Å²) in [6, 6.07) is 3.62. The Bertz CT molecular complexity index is 1100. The molecule has 29 heavy (non-hydrogen) atoms. The van der Waals surface area contributed by atoms with Crippen molar-refractivity contribution >= 4 is 17.0 Å². The van der Waals surface area contributed by atoms with Crippen molar-refractivity contribution < 1.29 is 22.0 Å². The van der Waals surface area contributed by atoms with Gasteiger partial charge >= 0.3 is 6.18 Å². The van der Waals surface area contributed by atoms with Gasteiger partial charge in [0.15, 0.2) is 5.65 Å². The average Bonchev–Trinajstić information content (AvgIpc) is 2.99. The van der Waals surface area contributed by atoms with Crippen molar-refractivity contribution in [1.29, 1.82) is 0 Å². The van der Waals surface area contributed by atoms with Gasteiger partial charge in [-0.05, 0) is 31.0 Å². The minimum absolute atomic E-state index is 0.0293. The molecule has 1 saturated heterocycles. The van der Waals surface area contributed by atoms with E-state index < -0.39 is 35.5 Å². The van der Waals surface area contributed by atoms with Crippen LogP contribution >= 0.6 is 0 Å². The van der Waals surface area contributed by atoms with E-state index in [9.17, 15) is 26.7 Å². The first-order valence-corrected chi connectivity index (χ1v) is 8.89. The molecule has 1 aromatic carbocycles. The minimum atomic E-state index is -4.48. The smallest absolute Gasteiger partial charge is 0.342 e. The molecule has 11 heteroatoms. The van der Waals surface area contributed by atoms with Gasteiger partial charge in [0.05, 0.1) is 11.6 Å². The first-order valence-electron chi connectivity index (χ1n) is 8.89. The summed E-state index contributed by atoms with van der Waals surface area (Å²) in [7, 11) is 0. The van der Waals surface area contributed by atoms with Crippen molar-refractivity contribution in [3.63, 3.8) is 0 Å². The molecule has 1 unspecified atom stereocenters. The van der Waals surface area contributed by atoms with Crippen LogP contribution in [-0.2, 0) is 6.18 Å². The third kappa shape index (κ3) is 3.34. The van der Waals surface area contributed by atoms with Gasteiger partial charge in [0.2, 0.25) is 5.95 Å². The Morgan fingerprint density at radius 3 is 2.31 bits per heavy atom. The minimum Gasteiger partial charge on any atom is -0.342 e. The van der Waals surface area contributed by atoms with Gasteiger partial charge in [-0.1, -0.05) is 12.1 Å². The number of aromatic nitrogens is 4. The highest BCUT2D eigenvalue weighted by molar-refractivity contribution is 5.79. The maximum atomic E-state index is 13.5. The molecule has 0 radical (unpaired) electrons. The molecule has 2 aromatic heterocycles. The number of nitrogens with zero attached hydrogens (tertiary/aromatic N) is 4. The van der Waals surface area contributed by atoms with Crippen LogP contribution in [0.2, 0.25) is 0 Å². The lowest BCUT2D eigenvalue weighted by molar-refractivity contribution is -0.137. The van der Waals surface area contributed by atoms with E-state index >= 15 is 0 Å². The summed E-state index contributed by atoms with van der Waals surface area (Å²) in [5.41, 5.74) is -1.86. The van der Waals surface area contributed by atoms with Gasteiger partial charge < -0.3 is 4.90 Å². The summed E-state index contributed by atoms with van der Waals surface area (Å²) in [6.07, 6.45) is -6.56. The molecule has 1 aliphatic rings. The van der Waals surface area contributed by atoms with E-state index in [1.165, 1.54) is 12.1 Å². The molecule has 6 nitrogen and oxygen atoms in total. The lowest BCUT2D eigenvalue weighted by Crippen LogP contribution is -2.39. The number of nitrogens with one attached hydrogen (secondary N) is 1. The van der Waals surface area contributed by atoms with Crippen molar-refractivity contribution in [2.45, 2.75) is 32.0 Å². The van der Waals surface area contributed by atoms with Gasteiger partial charge in [0.25, 0.3) is 12.0 Å². The zero-order chi connectivity index (χ0) is 20.9. The molecule has 0 aliphatic carbocycles. The fourth-order valence-electron chi connectivity index (χ4n) is 3.25. The number of hydrogen-bond acceptors (Lipinski definition) is 4. The van der Waals surface area contributed by atoms with Gasteiger partial charge in [-0.15, -0.1) is 0 Å². The van der Waals surface area contributed by atoms with E-state index in [2.05, 4.69) is 15.1 Å². The summed E-state index contributed by atoms with van der Waals surface area (Å²) in [6.45, 7) is 2.95. The summed E-state index contributed by atoms with van der Waals surface area (Å²) in [5, 5.41) is 3.57. The Balaban J connectivity index is 1.83. The zero-order valence-electron chi connectivity index (χ0n) is 15.2. The number of benzene rings is 1. The van der Waals surface area contributed by atoms with E-state index in [1.54, 1.807) is 11.8 Å². The molecule has 1 atom stereocenters. The van der Waals surface area contributed by atoms with Gasteiger partial charge in [0, 0.05) is 13.1 Å². The molecule has 1 aliphatic heterocycles. The standard InChI is InChI=1S/C18H16F5N5O/c1-9(10-3-5-11(6-4-10)18(21,22)23)28-15-12(13(26-28)14(19)20)16(29)25-17(24-15)27-7-2-8-27/h3-6,9,14H,2,7-8H2,1H3,(H,24,25,29). The highest BCUT2D eigenvalue weighted by Gasteiger charge is 2.31. The predicted octanol–water partition coefficient (Wildman–Crippen LogP) is 3.90. The second-order valence-electron chi connectivity index (χ2n) is 6.85. The van der Waals surface area contributed by atoms with Crippen molar-refractivity contribution in [1.82, 2.24) is 19.7 Å². The second-order valence-corrected chi connectivity index (χ2v) is 6.85. The molecule has 0 spiro atoms. The van der Waals surface area contributed by atoms with Crippen LogP contribution in [0.5, 0.6) is 0 Å². The van der Waals surface area contributed by atoms with Crippen LogP contribution in [0.1, 0.15) is 42.6 Å². The van der Waals surface area contributed by atoms with Crippen LogP contribution in [0, 0.1) is 0 Å². The average molecular weight is 413 g/mol. The summed E-state index contributed by atoms with van der Waals surface area (Å²) in [4.78, 5) is 21.1. The monoisotopic (exact) mass is 413 g/mol. The number of alkyl halides is 5. The maximum absolute atomic E-state index is 13.5. The molecule has 4 rings (SSSR count). The Labute approximate surface area is 161 Å². The highest BCUT2D eigenvalue weighted by atomic mass is 19.4. The van der Waals surface area contributed by atoms with Gasteiger partial charge in [-0.3, -0.25) is 9.78 Å². The van der Waals surface area contributed by atoms with Crippen LogP contribution in [0.15, 0.2) is 29.1 Å². The zero-order valence-corrected chi connectivity index (χ0v) is 15.2. The first-order chi connectivity index (χ1) is 13.7. The number of anilines is 1. The third-order valence-electron chi connectivity index (χ3n) is 5.03. The Kier molecular flexibility index (Phi) is 4.55. The number of aromatic amines is 1. The Morgan fingerprint density at radius 1 is 1.14 bits per heavy atom. The Morgan fingerprint density at radius 2 is 1.79 bits per heavy atom. The largest absolute Gasteiger partial charge is 0.416 e. The highest BCUT2D eigenvalue weighted by Crippen LogP contribution is 2.32. The third-order valence-corrected chi connectivity index (χ3v) is 5.03. The number of H-pyrrole nitrogens is 1. The van der Waals surface area contributed by atoms with E-state index in [1.807, 2.05) is 0 Å². The molecule has 0 bridgehead atoms. The lowest BCUT2D eigenvalue weighted by atomic mass is 10.1. The molecule has 3 heterocycles. The number of rotatable bonds is 4. The Hall–Kier alpha value is -2.98. The van der Waals surface area contributed by atoms with Crippen LogP contribution in [0.3, 0.4) is 0 Å². The van der Waals surface area contributed by atoms with Gasteiger partial charge in [-0.2, -0.15) is 23.3 Å². The number of fused-ring (bicyclic) bond motifs is 1. The van der Waals surface area contributed by atoms with Crippen LogP contribution in [0.4, 0.5) is 27.9 Å². The quantitative estimate of drug-likeness (QED) is 0.659. The molecular weight excluding hydrogens is 397 g/mol. The number of halogens is 5. The molecule has 3 aromatic rings. The fourth-order valence-corrected chi connectivity index (χ4v) is 3.25. The van der Waals surface area contributed by atoms with Gasteiger partial charge in [-0.25, -0.2) is 13.5 Å². The fraction of sp³-hybridized carbons (Fsp3) is 0.389. The van der Waals surface area contributed by atoms with Crippen molar-refractivity contribution in [2.24, 2.45) is 0 Å². The molecular formula is C18H16F5N5O. The maximum Gasteiger partial charge on any atom is 0.416 e. The van der Waals surface area contributed by atoms with Gasteiger partial charge in [0.1, 0.15) is 11.1 Å². The van der Waals surface area contributed by atoms with E-state index in [-0.39, 0.29) is 17.0 Å². The molecule has 1 N–H and O–H groups in total. The summed E-state index contributed by atoms with van der Waals surface area (Å²) in [5.74, 6) is 0.260. The van der Waals surface area contributed by atoms with Crippen molar-refractivity contribution in [3.05, 3.63) is 51.4 Å². The van der Waals surface area contributed by atoms with Crippen molar-refractivity contribution in [3.8, 4) is 0 Å². The summed E-state index contributed by atoms with van der Waals surface area (Å²) < 4.78 is 66.5. The van der Waals surface area contributed by atoms with Crippen LogP contribution < -0.4 is 10.5 Å². The molecule has 1 fully saturated rings. The number of hydrogen-bond donors (Lipinski definition) is 1. The predicted molar refractivity (Wildman–Crippen MR) is 95.2 cm³/mol. The normalized spacial score (nSPS) is 15.8. The van der Waals surface area contributed by atoms with E-state index in [0.717, 1.165) is 23.2 Å². The van der Waals surface area contributed by atoms with Crippen LogP contribution in [0.25, 0.3) is 11.0 Å². The van der Waals surface area contributed by atoms with Crippen molar-refractivity contribution in [2.75, 3.05) is 18.0 Å². The molecule has 0 amide bonds. The second kappa shape index (κ2) is 6.82. The molecule has 0 saturated carbocycles. The topological polar surface area (TPSA) is 66.8 Å². The van der Waals surface area contributed by atoms with E-state index in [4.69, 9.17) is 0 Å². The summed E-state index contributed by atoms with van der Waals surface area (Å²) >= 11 is 0. The first kappa shape index (κ1) is 19.3. The van der Waals surface area contributed by atoms with Crippen LogP contribution in [-0.4, -0.2) is 32.8 Å².